The molecule has 0 saturated carbocycles. The normalized spacial score (nSPS) is 17.7. The smallest absolute Gasteiger partial charge is 0.196 e. The first kappa shape index (κ1) is 13.9. The quantitative estimate of drug-likeness (QED) is 0.927. The lowest BCUT2D eigenvalue weighted by Crippen LogP contribution is -2.36. The topological polar surface area (TPSA) is 63.7 Å². The van der Waals surface area contributed by atoms with Gasteiger partial charge in [0.25, 0.3) is 0 Å². The van der Waals surface area contributed by atoms with E-state index in [9.17, 15) is 0 Å². The average molecular weight is 347 g/mol. The standard InChI is InChI=1S/C15H15BrN4O/c1-21-12-4-2-3-11(7-12)20-14(9-19-15(20)17)13-6-5-10(16)8-18-13/h2-8,14H,9H2,1H3,(H2,17,19). The molecule has 0 radical (unpaired) electrons. The maximum absolute atomic E-state index is 6.06. The van der Waals surface area contributed by atoms with Crippen LogP contribution in [0.2, 0.25) is 0 Å². The van der Waals surface area contributed by atoms with E-state index in [4.69, 9.17) is 10.5 Å². The van der Waals surface area contributed by atoms with Crippen molar-refractivity contribution >= 4 is 27.6 Å². The Labute approximate surface area is 131 Å². The zero-order valence-electron chi connectivity index (χ0n) is 11.5. The molecule has 5 nitrogen and oxygen atoms in total. The van der Waals surface area contributed by atoms with E-state index in [0.717, 1.165) is 21.6 Å². The lowest BCUT2D eigenvalue weighted by molar-refractivity contribution is 0.415. The Balaban J connectivity index is 1.97. The fraction of sp³-hybridized carbons (Fsp3) is 0.200. The molecule has 0 spiro atoms. The zero-order chi connectivity index (χ0) is 14.8. The van der Waals surface area contributed by atoms with E-state index in [1.54, 1.807) is 13.3 Å². The minimum Gasteiger partial charge on any atom is -0.497 e. The van der Waals surface area contributed by atoms with E-state index in [1.165, 1.54) is 0 Å². The molecule has 21 heavy (non-hydrogen) atoms. The summed E-state index contributed by atoms with van der Waals surface area (Å²) in [6.45, 7) is 0.595. The molecule has 0 aliphatic carbocycles. The number of hydrogen-bond donors (Lipinski definition) is 1. The summed E-state index contributed by atoms with van der Waals surface area (Å²) in [6, 6.07) is 11.7. The zero-order valence-corrected chi connectivity index (χ0v) is 13.1. The molecule has 1 aromatic carbocycles. The van der Waals surface area contributed by atoms with Crippen LogP contribution in [0.25, 0.3) is 0 Å². The molecular formula is C15H15BrN4O. The van der Waals surface area contributed by atoms with Crippen LogP contribution in [0.3, 0.4) is 0 Å². The van der Waals surface area contributed by atoms with Crippen molar-refractivity contribution in [3.05, 3.63) is 52.8 Å². The summed E-state index contributed by atoms with van der Waals surface area (Å²) in [5, 5.41) is 0. The molecule has 2 aromatic rings. The molecule has 1 aliphatic heterocycles. The van der Waals surface area contributed by atoms with Crippen LogP contribution in [0.4, 0.5) is 5.69 Å². The van der Waals surface area contributed by atoms with Gasteiger partial charge in [-0.05, 0) is 40.2 Å². The van der Waals surface area contributed by atoms with Gasteiger partial charge in [-0.2, -0.15) is 0 Å². The van der Waals surface area contributed by atoms with E-state index in [-0.39, 0.29) is 6.04 Å². The number of nitrogens with zero attached hydrogens (tertiary/aromatic N) is 3. The molecule has 2 heterocycles. The number of nitrogens with two attached hydrogens (primary N) is 1. The van der Waals surface area contributed by atoms with Gasteiger partial charge in [0.05, 0.1) is 25.4 Å². The molecular weight excluding hydrogens is 332 g/mol. The van der Waals surface area contributed by atoms with Crippen molar-refractivity contribution in [1.82, 2.24) is 4.98 Å². The summed E-state index contributed by atoms with van der Waals surface area (Å²) < 4.78 is 6.23. The lowest BCUT2D eigenvalue weighted by Gasteiger charge is -2.26. The molecule has 3 rings (SSSR count). The molecule has 1 aliphatic rings. The van der Waals surface area contributed by atoms with E-state index in [0.29, 0.717) is 12.5 Å². The second-order valence-corrected chi connectivity index (χ2v) is 5.60. The predicted molar refractivity (Wildman–Crippen MR) is 86.6 cm³/mol. The Morgan fingerprint density at radius 3 is 2.90 bits per heavy atom. The van der Waals surface area contributed by atoms with Crippen LogP contribution in [-0.4, -0.2) is 24.6 Å². The van der Waals surface area contributed by atoms with Crippen LogP contribution in [0.15, 0.2) is 52.1 Å². The monoisotopic (exact) mass is 346 g/mol. The number of hydrogen-bond acceptors (Lipinski definition) is 5. The SMILES string of the molecule is COc1cccc(N2C(N)=NCC2c2ccc(Br)cn2)c1. The Morgan fingerprint density at radius 2 is 2.19 bits per heavy atom. The van der Waals surface area contributed by atoms with Gasteiger partial charge >= 0.3 is 0 Å². The van der Waals surface area contributed by atoms with Crippen LogP contribution in [-0.2, 0) is 0 Å². The number of anilines is 1. The van der Waals surface area contributed by atoms with Crippen molar-refractivity contribution in [1.29, 1.82) is 0 Å². The Kier molecular flexibility index (Phi) is 3.79. The maximum atomic E-state index is 6.06. The molecule has 108 valence electrons. The van der Waals surface area contributed by atoms with Gasteiger partial charge in [0.15, 0.2) is 5.96 Å². The van der Waals surface area contributed by atoms with Crippen molar-refractivity contribution in [3.8, 4) is 5.75 Å². The summed E-state index contributed by atoms with van der Waals surface area (Å²) in [6.07, 6.45) is 1.79. The number of methoxy groups -OCH3 is 1. The lowest BCUT2D eigenvalue weighted by atomic mass is 10.1. The Bertz CT molecular complexity index is 672. The van der Waals surface area contributed by atoms with Gasteiger partial charge in [-0.1, -0.05) is 6.07 Å². The summed E-state index contributed by atoms with van der Waals surface area (Å²) in [5.74, 6) is 1.28. The van der Waals surface area contributed by atoms with Gasteiger partial charge in [0.1, 0.15) is 5.75 Å². The Hall–Kier alpha value is -2.08. The second-order valence-electron chi connectivity index (χ2n) is 4.69. The van der Waals surface area contributed by atoms with E-state index >= 15 is 0 Å². The highest BCUT2D eigenvalue weighted by Gasteiger charge is 2.29. The van der Waals surface area contributed by atoms with Crippen molar-refractivity contribution < 1.29 is 4.74 Å². The molecule has 0 fully saturated rings. The maximum Gasteiger partial charge on any atom is 0.196 e. The molecule has 6 heteroatoms. The summed E-state index contributed by atoms with van der Waals surface area (Å²) >= 11 is 3.40. The highest BCUT2D eigenvalue weighted by Crippen LogP contribution is 2.32. The van der Waals surface area contributed by atoms with Crippen molar-refractivity contribution in [2.45, 2.75) is 6.04 Å². The number of aliphatic imine (C=N–C) groups is 1. The van der Waals surface area contributed by atoms with Crippen LogP contribution < -0.4 is 15.4 Å². The number of guanidine groups is 1. The highest BCUT2D eigenvalue weighted by atomic mass is 79.9. The van der Waals surface area contributed by atoms with Gasteiger partial charge < -0.3 is 15.4 Å². The first-order chi connectivity index (χ1) is 10.2. The molecule has 0 bridgehead atoms. The molecule has 0 amide bonds. The fourth-order valence-electron chi connectivity index (χ4n) is 2.38. The van der Waals surface area contributed by atoms with E-state index < -0.39 is 0 Å². The number of rotatable bonds is 3. The molecule has 1 aromatic heterocycles. The number of halogens is 1. The van der Waals surface area contributed by atoms with Crippen LogP contribution in [0.1, 0.15) is 11.7 Å². The summed E-state index contributed by atoms with van der Waals surface area (Å²) in [5.41, 5.74) is 7.94. The van der Waals surface area contributed by atoms with Crippen LogP contribution in [0.5, 0.6) is 5.75 Å². The highest BCUT2D eigenvalue weighted by molar-refractivity contribution is 9.10. The first-order valence-electron chi connectivity index (χ1n) is 6.53. The number of pyridine rings is 1. The van der Waals surface area contributed by atoms with Gasteiger partial charge in [0.2, 0.25) is 0 Å². The first-order valence-corrected chi connectivity index (χ1v) is 7.33. The number of benzene rings is 1. The molecule has 1 unspecified atom stereocenters. The minimum atomic E-state index is 0.00482. The molecule has 0 saturated heterocycles. The summed E-state index contributed by atoms with van der Waals surface area (Å²) in [7, 11) is 1.65. The second kappa shape index (κ2) is 5.73. The largest absolute Gasteiger partial charge is 0.497 e. The van der Waals surface area contributed by atoms with Crippen molar-refractivity contribution in [2.75, 3.05) is 18.6 Å². The van der Waals surface area contributed by atoms with Gasteiger partial charge in [-0.15, -0.1) is 0 Å². The fourth-order valence-corrected chi connectivity index (χ4v) is 2.61. The van der Waals surface area contributed by atoms with Crippen LogP contribution >= 0.6 is 15.9 Å². The Morgan fingerprint density at radius 1 is 1.33 bits per heavy atom. The van der Waals surface area contributed by atoms with E-state index in [2.05, 4.69) is 25.9 Å². The third-order valence-corrected chi connectivity index (χ3v) is 3.88. The number of aromatic nitrogens is 1. The van der Waals surface area contributed by atoms with Gasteiger partial charge in [-0.25, -0.2) is 0 Å². The van der Waals surface area contributed by atoms with Crippen molar-refractivity contribution in [2.24, 2.45) is 10.7 Å². The van der Waals surface area contributed by atoms with Crippen LogP contribution in [0, 0.1) is 0 Å². The van der Waals surface area contributed by atoms with Gasteiger partial charge in [0, 0.05) is 22.4 Å². The molecule has 2 N–H and O–H groups in total. The van der Waals surface area contributed by atoms with Crippen molar-refractivity contribution in [3.63, 3.8) is 0 Å². The van der Waals surface area contributed by atoms with E-state index in [1.807, 2.05) is 41.3 Å². The predicted octanol–water partition coefficient (Wildman–Crippen LogP) is 2.73. The third kappa shape index (κ3) is 2.71. The molecule has 1 atom stereocenters. The minimum absolute atomic E-state index is 0.00482. The van der Waals surface area contributed by atoms with Gasteiger partial charge in [-0.3, -0.25) is 9.98 Å². The summed E-state index contributed by atoms with van der Waals surface area (Å²) in [4.78, 5) is 10.8. The average Bonchev–Trinajstić information content (AvgIpc) is 2.90. The third-order valence-electron chi connectivity index (χ3n) is 3.41. The number of ether oxygens (including phenoxy) is 1.